The predicted octanol–water partition coefficient (Wildman–Crippen LogP) is 6.99. The first-order valence-corrected chi connectivity index (χ1v) is 12.6. The van der Waals surface area contributed by atoms with Crippen LogP contribution in [0.5, 0.6) is 0 Å². The van der Waals surface area contributed by atoms with Gasteiger partial charge in [-0.05, 0) is 54.6 Å². The standard InChI is InChI=1S/C29H25N5S/c1-3-17-35-25-15-13-21(14-16-25)28-23(20-34(32-28)24-9-5-4-6-10-24)18-22(19-30)29-31-26-11-7-8-12-27(26)33(29)2/h4-16,18,20H,3,17H2,1-2H3/b22-18-. The zero-order valence-electron chi connectivity index (χ0n) is 19.7. The first-order chi connectivity index (χ1) is 17.2. The molecule has 0 unspecified atom stereocenters. The van der Waals surface area contributed by atoms with E-state index in [9.17, 15) is 5.26 Å². The fourth-order valence-corrected chi connectivity index (χ4v) is 4.82. The molecule has 3 aromatic carbocycles. The minimum absolute atomic E-state index is 0.493. The fourth-order valence-electron chi connectivity index (χ4n) is 4.05. The summed E-state index contributed by atoms with van der Waals surface area (Å²) in [5.41, 5.74) is 6.01. The Bertz CT molecular complexity index is 1540. The first-order valence-electron chi connectivity index (χ1n) is 11.6. The number of imidazole rings is 1. The highest BCUT2D eigenvalue weighted by atomic mass is 32.2. The second kappa shape index (κ2) is 10.0. The van der Waals surface area contributed by atoms with Crippen molar-refractivity contribution in [3.63, 3.8) is 0 Å². The number of aryl methyl sites for hydroxylation is 1. The van der Waals surface area contributed by atoms with E-state index in [-0.39, 0.29) is 0 Å². The van der Waals surface area contributed by atoms with E-state index >= 15 is 0 Å². The van der Waals surface area contributed by atoms with Gasteiger partial charge in [0, 0.05) is 29.3 Å². The van der Waals surface area contributed by atoms with Crippen LogP contribution in [0.15, 0.2) is 90.0 Å². The van der Waals surface area contributed by atoms with E-state index in [1.807, 2.05) is 94.9 Å². The molecule has 0 saturated heterocycles. The van der Waals surface area contributed by atoms with Crippen LogP contribution in [0.1, 0.15) is 24.7 Å². The molecule has 0 aliphatic heterocycles. The summed E-state index contributed by atoms with van der Waals surface area (Å²) in [5, 5.41) is 15.0. The maximum Gasteiger partial charge on any atom is 0.151 e. The zero-order valence-corrected chi connectivity index (χ0v) is 20.5. The maximum absolute atomic E-state index is 10.1. The summed E-state index contributed by atoms with van der Waals surface area (Å²) in [7, 11) is 1.94. The molecule has 5 rings (SSSR count). The van der Waals surface area contributed by atoms with Gasteiger partial charge in [-0.3, -0.25) is 0 Å². The van der Waals surface area contributed by atoms with Gasteiger partial charge < -0.3 is 4.57 Å². The van der Waals surface area contributed by atoms with E-state index in [1.54, 1.807) is 0 Å². The van der Waals surface area contributed by atoms with Gasteiger partial charge in [-0.2, -0.15) is 10.4 Å². The third kappa shape index (κ3) is 4.64. The van der Waals surface area contributed by atoms with Gasteiger partial charge in [0.25, 0.3) is 0 Å². The van der Waals surface area contributed by atoms with E-state index in [4.69, 9.17) is 10.1 Å². The number of nitrogens with zero attached hydrogens (tertiary/aromatic N) is 5. The molecule has 2 aromatic heterocycles. The van der Waals surface area contributed by atoms with Gasteiger partial charge in [-0.1, -0.05) is 49.4 Å². The van der Waals surface area contributed by atoms with Crippen molar-refractivity contribution in [3.05, 3.63) is 96.4 Å². The Kier molecular flexibility index (Phi) is 6.51. The van der Waals surface area contributed by atoms with Crippen molar-refractivity contribution in [1.82, 2.24) is 19.3 Å². The lowest BCUT2D eigenvalue weighted by Crippen LogP contribution is -1.96. The lowest BCUT2D eigenvalue weighted by molar-refractivity contribution is 0.884. The molecule has 6 heteroatoms. The van der Waals surface area contributed by atoms with Gasteiger partial charge in [0.05, 0.1) is 28.0 Å². The summed E-state index contributed by atoms with van der Waals surface area (Å²) >= 11 is 1.85. The van der Waals surface area contributed by atoms with Gasteiger partial charge in [0.1, 0.15) is 6.07 Å². The van der Waals surface area contributed by atoms with Gasteiger partial charge in [0.2, 0.25) is 0 Å². The van der Waals surface area contributed by atoms with Crippen molar-refractivity contribution in [2.24, 2.45) is 7.05 Å². The number of allylic oxidation sites excluding steroid dienone is 1. The van der Waals surface area contributed by atoms with Crippen LogP contribution in [0, 0.1) is 11.3 Å². The Morgan fingerprint density at radius 3 is 2.46 bits per heavy atom. The van der Waals surface area contributed by atoms with Crippen LogP contribution in [-0.4, -0.2) is 25.1 Å². The summed E-state index contributed by atoms with van der Waals surface area (Å²) < 4.78 is 3.83. The van der Waals surface area contributed by atoms with Crippen LogP contribution in [0.3, 0.4) is 0 Å². The number of nitriles is 1. The molecular weight excluding hydrogens is 450 g/mol. The van der Waals surface area contributed by atoms with Crippen LogP contribution in [-0.2, 0) is 7.05 Å². The number of hydrogen-bond donors (Lipinski definition) is 0. The molecule has 5 aromatic rings. The number of aromatic nitrogens is 4. The van der Waals surface area contributed by atoms with Crippen molar-refractivity contribution in [1.29, 1.82) is 5.26 Å². The Morgan fingerprint density at radius 2 is 1.74 bits per heavy atom. The molecular formula is C29H25N5S. The zero-order chi connectivity index (χ0) is 24.2. The predicted molar refractivity (Wildman–Crippen MR) is 144 cm³/mol. The van der Waals surface area contributed by atoms with Gasteiger partial charge in [-0.25, -0.2) is 9.67 Å². The number of benzene rings is 3. The van der Waals surface area contributed by atoms with Crippen LogP contribution >= 0.6 is 11.8 Å². The Morgan fingerprint density at radius 1 is 1.00 bits per heavy atom. The lowest BCUT2D eigenvalue weighted by atomic mass is 10.1. The molecule has 172 valence electrons. The molecule has 0 amide bonds. The SMILES string of the molecule is CCCSc1ccc(-c2nn(-c3ccccc3)cc2/C=C(/C#N)c2nc3ccccc3n2C)cc1. The van der Waals surface area contributed by atoms with E-state index < -0.39 is 0 Å². The summed E-state index contributed by atoms with van der Waals surface area (Å²) in [6, 6.07) is 28.8. The monoisotopic (exact) mass is 475 g/mol. The smallest absolute Gasteiger partial charge is 0.151 e. The van der Waals surface area contributed by atoms with E-state index in [1.165, 1.54) is 4.90 Å². The van der Waals surface area contributed by atoms with Crippen LogP contribution in [0.2, 0.25) is 0 Å². The Hall–Kier alpha value is -4.08. The number of para-hydroxylation sites is 3. The number of fused-ring (bicyclic) bond motifs is 1. The molecule has 0 aliphatic carbocycles. The second-order valence-electron chi connectivity index (χ2n) is 8.24. The average Bonchev–Trinajstić information content (AvgIpc) is 3.48. The summed E-state index contributed by atoms with van der Waals surface area (Å²) in [6.45, 7) is 2.19. The second-order valence-corrected chi connectivity index (χ2v) is 9.41. The Balaban J connectivity index is 1.62. The molecule has 0 bridgehead atoms. The van der Waals surface area contributed by atoms with Gasteiger partial charge >= 0.3 is 0 Å². The van der Waals surface area contributed by atoms with Crippen molar-refractivity contribution in [2.45, 2.75) is 18.2 Å². The molecule has 0 fully saturated rings. The molecule has 2 heterocycles. The molecule has 0 N–H and O–H groups in total. The van der Waals surface area contributed by atoms with E-state index in [0.717, 1.165) is 45.7 Å². The third-order valence-electron chi connectivity index (χ3n) is 5.81. The highest BCUT2D eigenvalue weighted by Gasteiger charge is 2.16. The van der Waals surface area contributed by atoms with Crippen molar-refractivity contribution in [3.8, 4) is 23.0 Å². The molecule has 0 saturated carbocycles. The van der Waals surface area contributed by atoms with Crippen molar-refractivity contribution < 1.29 is 0 Å². The molecule has 0 radical (unpaired) electrons. The number of thioether (sulfide) groups is 1. The topological polar surface area (TPSA) is 59.4 Å². The summed E-state index contributed by atoms with van der Waals surface area (Å²) in [4.78, 5) is 5.97. The molecule has 5 nitrogen and oxygen atoms in total. The van der Waals surface area contributed by atoms with E-state index in [0.29, 0.717) is 11.4 Å². The number of hydrogen-bond acceptors (Lipinski definition) is 4. The van der Waals surface area contributed by atoms with Crippen molar-refractivity contribution in [2.75, 3.05) is 5.75 Å². The largest absolute Gasteiger partial charge is 0.327 e. The number of rotatable bonds is 7. The van der Waals surface area contributed by atoms with Crippen molar-refractivity contribution >= 4 is 34.4 Å². The quantitative estimate of drug-likeness (QED) is 0.188. The molecule has 35 heavy (non-hydrogen) atoms. The van der Waals surface area contributed by atoms with E-state index in [2.05, 4.69) is 37.3 Å². The average molecular weight is 476 g/mol. The van der Waals surface area contributed by atoms with Crippen LogP contribution < -0.4 is 0 Å². The highest BCUT2D eigenvalue weighted by Crippen LogP contribution is 2.30. The minimum atomic E-state index is 0.493. The Labute approximate surface area is 209 Å². The minimum Gasteiger partial charge on any atom is -0.327 e. The summed E-state index contributed by atoms with van der Waals surface area (Å²) in [6.07, 6.45) is 5.01. The van der Waals surface area contributed by atoms with Crippen LogP contribution in [0.4, 0.5) is 0 Å². The first kappa shape index (κ1) is 22.7. The third-order valence-corrected chi connectivity index (χ3v) is 7.03. The molecule has 0 aliphatic rings. The molecule has 0 atom stereocenters. The van der Waals surface area contributed by atoms with Gasteiger partial charge in [0.15, 0.2) is 5.82 Å². The normalized spacial score (nSPS) is 11.6. The van der Waals surface area contributed by atoms with Gasteiger partial charge in [-0.15, -0.1) is 11.8 Å². The van der Waals surface area contributed by atoms with Crippen LogP contribution in [0.25, 0.3) is 39.6 Å². The highest BCUT2D eigenvalue weighted by molar-refractivity contribution is 7.99. The maximum atomic E-state index is 10.1. The molecule has 0 spiro atoms. The lowest BCUT2D eigenvalue weighted by Gasteiger charge is -2.04. The fraction of sp³-hybridized carbons (Fsp3) is 0.138. The summed E-state index contributed by atoms with van der Waals surface area (Å²) in [5.74, 6) is 1.73.